The zero-order valence-electron chi connectivity index (χ0n) is 11.5. The van der Waals surface area contributed by atoms with Crippen LogP contribution in [0.25, 0.3) is 0 Å². The van der Waals surface area contributed by atoms with E-state index < -0.39 is 5.95 Å². The van der Waals surface area contributed by atoms with Crippen molar-refractivity contribution in [3.63, 3.8) is 0 Å². The largest absolute Gasteiger partial charge is 0.337 e. The molecule has 0 aliphatic carbocycles. The van der Waals surface area contributed by atoms with Crippen LogP contribution in [0.5, 0.6) is 0 Å². The van der Waals surface area contributed by atoms with Crippen molar-refractivity contribution < 1.29 is 9.18 Å². The first-order valence-electron chi connectivity index (χ1n) is 6.80. The maximum Gasteiger partial charge on any atom is 0.254 e. The van der Waals surface area contributed by atoms with Crippen molar-refractivity contribution in [1.82, 2.24) is 14.8 Å². The van der Waals surface area contributed by atoms with Crippen LogP contribution >= 0.6 is 0 Å². The first-order chi connectivity index (χ1) is 9.15. The van der Waals surface area contributed by atoms with E-state index in [1.165, 1.54) is 12.3 Å². The molecule has 0 aromatic carbocycles. The molecule has 0 saturated carbocycles. The molecule has 1 unspecified atom stereocenters. The fourth-order valence-electron chi connectivity index (χ4n) is 2.68. The molecule has 0 N–H and O–H groups in total. The molecule has 1 aliphatic heterocycles. The normalized spacial score (nSPS) is 19.2. The fraction of sp³-hybridized carbons (Fsp3) is 0.571. The van der Waals surface area contributed by atoms with Crippen LogP contribution in [0.3, 0.4) is 0 Å². The Bertz CT molecular complexity index is 448. The Morgan fingerprint density at radius 3 is 2.89 bits per heavy atom. The number of likely N-dealkylation sites (N-methyl/N-ethyl adjacent to an activating group) is 1. The zero-order chi connectivity index (χ0) is 13.8. The van der Waals surface area contributed by atoms with Gasteiger partial charge in [0, 0.05) is 37.0 Å². The Morgan fingerprint density at radius 1 is 1.53 bits per heavy atom. The Hall–Kier alpha value is -1.49. The van der Waals surface area contributed by atoms with Gasteiger partial charge < -0.3 is 4.90 Å². The quantitative estimate of drug-likeness (QED) is 0.779. The predicted molar refractivity (Wildman–Crippen MR) is 71.4 cm³/mol. The molecule has 104 valence electrons. The number of aromatic nitrogens is 1. The third-order valence-electron chi connectivity index (χ3n) is 3.75. The SMILES string of the molecule is CCN(CC)C1CCN(C(=O)c2ccnc(F)c2)C1. The summed E-state index contributed by atoms with van der Waals surface area (Å²) >= 11 is 0. The molecule has 1 aromatic heterocycles. The minimum absolute atomic E-state index is 0.101. The van der Waals surface area contributed by atoms with E-state index in [9.17, 15) is 9.18 Å². The van der Waals surface area contributed by atoms with E-state index in [1.807, 2.05) is 0 Å². The van der Waals surface area contributed by atoms with Crippen molar-refractivity contribution in [2.75, 3.05) is 26.2 Å². The Labute approximate surface area is 113 Å². The predicted octanol–water partition coefficient (Wildman–Crippen LogP) is 1.78. The second-order valence-electron chi connectivity index (χ2n) is 4.78. The first-order valence-corrected chi connectivity index (χ1v) is 6.80. The van der Waals surface area contributed by atoms with E-state index in [1.54, 1.807) is 11.0 Å². The van der Waals surface area contributed by atoms with Crippen LogP contribution in [0.2, 0.25) is 0 Å². The van der Waals surface area contributed by atoms with Gasteiger partial charge in [-0.15, -0.1) is 0 Å². The van der Waals surface area contributed by atoms with Crippen LogP contribution < -0.4 is 0 Å². The van der Waals surface area contributed by atoms with Crippen molar-refractivity contribution in [1.29, 1.82) is 0 Å². The number of carbonyl (C=O) groups is 1. The van der Waals surface area contributed by atoms with Crippen molar-refractivity contribution in [2.24, 2.45) is 0 Å². The highest BCUT2D eigenvalue weighted by Gasteiger charge is 2.29. The molecular weight excluding hydrogens is 245 g/mol. The standard InChI is InChI=1S/C14H20FN3O/c1-3-17(4-2)12-6-8-18(10-12)14(19)11-5-7-16-13(15)9-11/h5,7,9,12H,3-4,6,8,10H2,1-2H3. The lowest BCUT2D eigenvalue weighted by molar-refractivity contribution is 0.0777. The monoisotopic (exact) mass is 265 g/mol. The van der Waals surface area contributed by atoms with Gasteiger partial charge in [0.25, 0.3) is 5.91 Å². The summed E-state index contributed by atoms with van der Waals surface area (Å²) < 4.78 is 13.0. The molecule has 5 heteroatoms. The second-order valence-corrected chi connectivity index (χ2v) is 4.78. The summed E-state index contributed by atoms with van der Waals surface area (Å²) in [5.41, 5.74) is 0.382. The van der Waals surface area contributed by atoms with Crippen LogP contribution in [0.1, 0.15) is 30.6 Å². The van der Waals surface area contributed by atoms with Crippen molar-refractivity contribution in [3.05, 3.63) is 29.8 Å². The highest BCUT2D eigenvalue weighted by Crippen LogP contribution is 2.18. The minimum Gasteiger partial charge on any atom is -0.337 e. The summed E-state index contributed by atoms with van der Waals surface area (Å²) in [5, 5.41) is 0. The second kappa shape index (κ2) is 6.10. The summed E-state index contributed by atoms with van der Waals surface area (Å²) in [6, 6.07) is 3.19. The van der Waals surface area contributed by atoms with Gasteiger partial charge in [-0.25, -0.2) is 4.98 Å². The van der Waals surface area contributed by atoms with Crippen molar-refractivity contribution in [2.45, 2.75) is 26.3 Å². The van der Waals surface area contributed by atoms with E-state index in [0.29, 0.717) is 11.6 Å². The van der Waals surface area contributed by atoms with Gasteiger partial charge in [-0.3, -0.25) is 9.69 Å². The smallest absolute Gasteiger partial charge is 0.254 e. The highest BCUT2D eigenvalue weighted by molar-refractivity contribution is 5.94. The van der Waals surface area contributed by atoms with Gasteiger partial charge in [0.1, 0.15) is 0 Å². The van der Waals surface area contributed by atoms with Crippen LogP contribution in [0.15, 0.2) is 18.3 Å². The Balaban J connectivity index is 2.02. The molecule has 1 aromatic rings. The number of carbonyl (C=O) groups excluding carboxylic acids is 1. The molecule has 1 fully saturated rings. The molecule has 0 radical (unpaired) electrons. The summed E-state index contributed by atoms with van der Waals surface area (Å²) in [6.07, 6.45) is 2.32. The average molecular weight is 265 g/mol. The summed E-state index contributed by atoms with van der Waals surface area (Å²) in [7, 11) is 0. The Morgan fingerprint density at radius 2 is 2.26 bits per heavy atom. The summed E-state index contributed by atoms with van der Waals surface area (Å²) in [4.78, 5) is 19.9. The van der Waals surface area contributed by atoms with Crippen LogP contribution in [-0.4, -0.2) is 52.9 Å². The third kappa shape index (κ3) is 3.10. The molecule has 1 saturated heterocycles. The maximum atomic E-state index is 13.0. The van der Waals surface area contributed by atoms with E-state index in [2.05, 4.69) is 23.7 Å². The number of rotatable bonds is 4. The average Bonchev–Trinajstić information content (AvgIpc) is 2.89. The number of likely N-dealkylation sites (tertiary alicyclic amines) is 1. The van der Waals surface area contributed by atoms with Crippen molar-refractivity contribution >= 4 is 5.91 Å². The fourth-order valence-corrected chi connectivity index (χ4v) is 2.68. The number of hydrogen-bond acceptors (Lipinski definition) is 3. The lowest BCUT2D eigenvalue weighted by Gasteiger charge is -2.26. The van der Waals surface area contributed by atoms with Gasteiger partial charge in [-0.2, -0.15) is 4.39 Å². The molecule has 0 spiro atoms. The molecule has 19 heavy (non-hydrogen) atoms. The lowest BCUT2D eigenvalue weighted by atomic mass is 10.2. The van der Waals surface area contributed by atoms with Gasteiger partial charge in [-0.1, -0.05) is 13.8 Å². The van der Waals surface area contributed by atoms with Crippen LogP contribution in [0, 0.1) is 5.95 Å². The topological polar surface area (TPSA) is 36.4 Å². The molecule has 0 bridgehead atoms. The number of pyridine rings is 1. The summed E-state index contributed by atoms with van der Waals surface area (Å²) in [6.45, 7) is 7.72. The maximum absolute atomic E-state index is 13.0. The third-order valence-corrected chi connectivity index (χ3v) is 3.75. The van der Waals surface area contributed by atoms with Gasteiger partial charge in [0.05, 0.1) is 0 Å². The van der Waals surface area contributed by atoms with Gasteiger partial charge in [0.2, 0.25) is 5.95 Å². The molecule has 2 heterocycles. The number of hydrogen-bond donors (Lipinski definition) is 0. The lowest BCUT2D eigenvalue weighted by Crippen LogP contribution is -2.38. The number of amides is 1. The van der Waals surface area contributed by atoms with Crippen LogP contribution in [-0.2, 0) is 0 Å². The Kier molecular flexibility index (Phi) is 4.47. The zero-order valence-corrected chi connectivity index (χ0v) is 11.5. The highest BCUT2D eigenvalue weighted by atomic mass is 19.1. The molecule has 4 nitrogen and oxygen atoms in total. The number of halogens is 1. The first kappa shape index (κ1) is 13.9. The molecule has 1 amide bonds. The minimum atomic E-state index is -0.606. The van der Waals surface area contributed by atoms with Gasteiger partial charge in [-0.05, 0) is 25.6 Å². The molecular formula is C14H20FN3O. The molecule has 1 atom stereocenters. The van der Waals surface area contributed by atoms with E-state index >= 15 is 0 Å². The molecule has 2 rings (SSSR count). The summed E-state index contributed by atoms with van der Waals surface area (Å²) in [5.74, 6) is -0.707. The van der Waals surface area contributed by atoms with E-state index in [-0.39, 0.29) is 5.91 Å². The van der Waals surface area contributed by atoms with E-state index in [0.717, 1.165) is 32.6 Å². The van der Waals surface area contributed by atoms with Gasteiger partial charge >= 0.3 is 0 Å². The molecule has 1 aliphatic rings. The van der Waals surface area contributed by atoms with E-state index in [4.69, 9.17) is 0 Å². The number of nitrogens with zero attached hydrogens (tertiary/aromatic N) is 3. The van der Waals surface area contributed by atoms with Gasteiger partial charge in [0.15, 0.2) is 0 Å². The van der Waals surface area contributed by atoms with Crippen LogP contribution in [0.4, 0.5) is 4.39 Å². The van der Waals surface area contributed by atoms with Crippen molar-refractivity contribution in [3.8, 4) is 0 Å².